The van der Waals surface area contributed by atoms with Gasteiger partial charge in [0.05, 0.1) is 9.52 Å². The van der Waals surface area contributed by atoms with Gasteiger partial charge in [0, 0.05) is 0 Å². The van der Waals surface area contributed by atoms with Crippen molar-refractivity contribution in [3.63, 3.8) is 0 Å². The molecule has 4 rings (SSSR count). The van der Waals surface area contributed by atoms with Crippen LogP contribution in [0.25, 0.3) is 0 Å². The molecule has 0 heterocycles. The Morgan fingerprint density at radius 2 is 1.88 bits per heavy atom. The predicted octanol–water partition coefficient (Wildman–Crippen LogP) is 5.15. The monoisotopic (exact) mass is 336 g/mol. The van der Waals surface area contributed by atoms with Crippen LogP contribution in [0.15, 0.2) is 54.1 Å². The molecule has 0 aromatic heterocycles. The molecule has 1 heteroatoms. The highest BCUT2D eigenvalue weighted by molar-refractivity contribution is 6.58. The summed E-state index contributed by atoms with van der Waals surface area (Å²) in [7, 11) is -0.286. The average molecular weight is 337 g/mol. The molecule has 0 aliphatic heterocycles. The molecule has 3 unspecified atom stereocenters. The first-order chi connectivity index (χ1) is 11.8. The van der Waals surface area contributed by atoms with E-state index in [1.165, 1.54) is 51.4 Å². The van der Waals surface area contributed by atoms with Gasteiger partial charge < -0.3 is 0 Å². The van der Waals surface area contributed by atoms with Gasteiger partial charge >= 0.3 is 0 Å². The summed E-state index contributed by atoms with van der Waals surface area (Å²) >= 11 is 0. The Labute approximate surface area is 150 Å². The smallest absolute Gasteiger partial charge is 0.0659 e. The second-order valence-corrected chi connectivity index (χ2v) is 11.2. The molecule has 24 heavy (non-hydrogen) atoms. The van der Waals surface area contributed by atoms with E-state index in [2.05, 4.69) is 55.5 Å². The van der Waals surface area contributed by atoms with Crippen LogP contribution in [-0.4, -0.2) is 9.52 Å². The Kier molecular flexibility index (Phi) is 4.80. The molecule has 0 radical (unpaired) electrons. The van der Waals surface area contributed by atoms with Crippen LogP contribution >= 0.6 is 0 Å². The minimum atomic E-state index is -0.286. The summed E-state index contributed by atoms with van der Waals surface area (Å²) in [6.07, 6.45) is 19.0. The Bertz CT molecular complexity index is 608. The van der Waals surface area contributed by atoms with E-state index >= 15 is 0 Å². The fourth-order valence-electron chi connectivity index (χ4n) is 6.01. The molecule has 2 saturated carbocycles. The zero-order valence-electron chi connectivity index (χ0n) is 15.2. The first-order valence-electron chi connectivity index (χ1n) is 10.2. The minimum absolute atomic E-state index is 0.286. The standard InChI is InChI=1S/C23H32Si/c1-18-16-23(17-19-10-4-2-5-11-19,22-15-9-8-14-21(18)22)24-20-12-6-3-7-13-20/h3,6-9,12-13,15,18-19,21H,2,4-5,10-11,14,16-17,24H2,1H3. The van der Waals surface area contributed by atoms with Gasteiger partial charge in [0.2, 0.25) is 0 Å². The molecule has 0 nitrogen and oxygen atoms in total. The molecule has 0 spiro atoms. The average Bonchev–Trinajstić information content (AvgIpc) is 2.89. The maximum atomic E-state index is 2.54. The minimum Gasteiger partial charge on any atom is -0.0839 e. The highest BCUT2D eigenvalue weighted by atomic mass is 28.2. The van der Waals surface area contributed by atoms with E-state index in [1.54, 1.807) is 5.19 Å². The molecule has 128 valence electrons. The van der Waals surface area contributed by atoms with Crippen LogP contribution in [0.4, 0.5) is 0 Å². The highest BCUT2D eigenvalue weighted by Crippen LogP contribution is 2.60. The van der Waals surface area contributed by atoms with E-state index in [0.717, 1.165) is 17.8 Å². The van der Waals surface area contributed by atoms with Gasteiger partial charge in [-0.15, -0.1) is 0 Å². The first kappa shape index (κ1) is 16.4. The lowest BCUT2D eigenvalue weighted by atomic mass is 9.79. The summed E-state index contributed by atoms with van der Waals surface area (Å²) in [4.78, 5) is 0. The van der Waals surface area contributed by atoms with Gasteiger partial charge in [-0.05, 0) is 42.1 Å². The van der Waals surface area contributed by atoms with Gasteiger partial charge in [0.25, 0.3) is 0 Å². The second kappa shape index (κ2) is 7.04. The van der Waals surface area contributed by atoms with Crippen molar-refractivity contribution in [2.24, 2.45) is 17.8 Å². The van der Waals surface area contributed by atoms with Crippen LogP contribution in [0, 0.1) is 17.8 Å². The number of hydrogen-bond acceptors (Lipinski definition) is 0. The molecular formula is C23H32Si. The SMILES string of the molecule is CC1CC(CC2CCCCC2)([SiH2]c2ccccc2)C2=CC=CCC21. The van der Waals surface area contributed by atoms with Gasteiger partial charge in [-0.1, -0.05) is 98.3 Å². The molecule has 0 amide bonds. The molecule has 1 aromatic carbocycles. The second-order valence-electron chi connectivity index (χ2n) is 8.72. The summed E-state index contributed by atoms with van der Waals surface area (Å²) in [5.74, 6) is 2.71. The maximum absolute atomic E-state index is 2.54. The van der Waals surface area contributed by atoms with Crippen LogP contribution in [0.1, 0.15) is 58.3 Å². The third-order valence-electron chi connectivity index (χ3n) is 7.00. The molecule has 0 bridgehead atoms. The molecule has 3 aliphatic rings. The van der Waals surface area contributed by atoms with Crippen LogP contribution in [0.2, 0.25) is 5.04 Å². The summed E-state index contributed by atoms with van der Waals surface area (Å²) in [6.45, 7) is 2.53. The fourth-order valence-corrected chi connectivity index (χ4v) is 9.04. The van der Waals surface area contributed by atoms with Crippen molar-refractivity contribution in [1.29, 1.82) is 0 Å². The van der Waals surface area contributed by atoms with Crippen molar-refractivity contribution in [1.82, 2.24) is 0 Å². The van der Waals surface area contributed by atoms with Gasteiger partial charge in [-0.2, -0.15) is 0 Å². The summed E-state index contributed by atoms with van der Waals surface area (Å²) in [5.41, 5.74) is 1.86. The Balaban J connectivity index is 1.66. The number of rotatable bonds is 4. The van der Waals surface area contributed by atoms with E-state index in [1.807, 2.05) is 5.57 Å². The third-order valence-corrected chi connectivity index (χ3v) is 9.54. The zero-order valence-corrected chi connectivity index (χ0v) is 16.6. The van der Waals surface area contributed by atoms with Crippen LogP contribution in [0.3, 0.4) is 0 Å². The lowest BCUT2D eigenvalue weighted by Crippen LogP contribution is -2.32. The van der Waals surface area contributed by atoms with Crippen molar-refractivity contribution in [2.45, 2.75) is 63.3 Å². The maximum Gasteiger partial charge on any atom is 0.0659 e. The number of hydrogen-bond donors (Lipinski definition) is 0. The van der Waals surface area contributed by atoms with E-state index in [0.29, 0.717) is 5.04 Å². The Morgan fingerprint density at radius 1 is 1.08 bits per heavy atom. The third kappa shape index (κ3) is 3.20. The quantitative estimate of drug-likeness (QED) is 0.667. The fraction of sp³-hybridized carbons (Fsp3) is 0.565. The van der Waals surface area contributed by atoms with Crippen molar-refractivity contribution in [3.8, 4) is 0 Å². The molecule has 3 atom stereocenters. The molecular weight excluding hydrogens is 304 g/mol. The summed E-state index contributed by atoms with van der Waals surface area (Å²) < 4.78 is 0. The van der Waals surface area contributed by atoms with Crippen molar-refractivity contribution in [3.05, 3.63) is 54.1 Å². The van der Waals surface area contributed by atoms with E-state index in [9.17, 15) is 0 Å². The van der Waals surface area contributed by atoms with Crippen LogP contribution in [0.5, 0.6) is 0 Å². The van der Waals surface area contributed by atoms with Crippen LogP contribution in [-0.2, 0) is 0 Å². The molecule has 1 aromatic rings. The Morgan fingerprint density at radius 3 is 2.67 bits per heavy atom. The van der Waals surface area contributed by atoms with E-state index in [4.69, 9.17) is 0 Å². The highest BCUT2D eigenvalue weighted by Gasteiger charge is 2.48. The molecule has 0 saturated heterocycles. The lowest BCUT2D eigenvalue weighted by Gasteiger charge is -2.37. The number of fused-ring (bicyclic) bond motifs is 1. The largest absolute Gasteiger partial charge is 0.0839 e. The molecule has 2 fully saturated rings. The first-order valence-corrected chi connectivity index (χ1v) is 11.6. The summed E-state index contributed by atoms with van der Waals surface area (Å²) in [6, 6.07) is 11.5. The van der Waals surface area contributed by atoms with Crippen molar-refractivity contribution in [2.75, 3.05) is 0 Å². The van der Waals surface area contributed by atoms with E-state index in [-0.39, 0.29) is 9.52 Å². The van der Waals surface area contributed by atoms with Gasteiger partial charge in [-0.25, -0.2) is 0 Å². The van der Waals surface area contributed by atoms with Crippen LogP contribution < -0.4 is 5.19 Å². The predicted molar refractivity (Wildman–Crippen MR) is 108 cm³/mol. The number of benzene rings is 1. The normalized spacial score (nSPS) is 33.8. The van der Waals surface area contributed by atoms with Crippen molar-refractivity contribution < 1.29 is 0 Å². The zero-order chi connectivity index (χ0) is 16.4. The number of allylic oxidation sites excluding steroid dienone is 4. The van der Waals surface area contributed by atoms with Gasteiger partial charge in [0.1, 0.15) is 0 Å². The van der Waals surface area contributed by atoms with E-state index < -0.39 is 0 Å². The lowest BCUT2D eigenvalue weighted by molar-refractivity contribution is 0.307. The van der Waals surface area contributed by atoms with Gasteiger partial charge in [0.15, 0.2) is 0 Å². The Hall–Kier alpha value is -1.08. The summed E-state index contributed by atoms with van der Waals surface area (Å²) in [5, 5.41) is 2.25. The topological polar surface area (TPSA) is 0 Å². The van der Waals surface area contributed by atoms with Crippen molar-refractivity contribution >= 4 is 14.7 Å². The molecule has 0 N–H and O–H groups in total. The molecule has 3 aliphatic carbocycles. The van der Waals surface area contributed by atoms with Gasteiger partial charge in [-0.3, -0.25) is 0 Å².